The molecule has 18 heavy (non-hydrogen) atoms. The molecule has 3 heteroatoms. The van der Waals surface area contributed by atoms with Gasteiger partial charge in [-0.05, 0) is 37.0 Å². The fraction of sp³-hybridized carbons (Fsp3) is 0.600. The summed E-state index contributed by atoms with van der Waals surface area (Å²) in [6, 6.07) is 7.74. The lowest BCUT2D eigenvalue weighted by atomic mass is 10.1. The SMILES string of the molecule is COc1ccc(C(N)COC(C)CC(C)C)cc1. The zero-order chi connectivity index (χ0) is 13.5. The van der Waals surface area contributed by atoms with Crippen molar-refractivity contribution in [1.29, 1.82) is 0 Å². The monoisotopic (exact) mass is 251 g/mol. The van der Waals surface area contributed by atoms with Crippen LogP contribution in [0.2, 0.25) is 0 Å². The molecule has 3 nitrogen and oxygen atoms in total. The summed E-state index contributed by atoms with van der Waals surface area (Å²) in [7, 11) is 1.66. The van der Waals surface area contributed by atoms with Crippen LogP contribution < -0.4 is 10.5 Å². The van der Waals surface area contributed by atoms with Crippen molar-refractivity contribution in [1.82, 2.24) is 0 Å². The second-order valence-electron chi connectivity index (χ2n) is 5.15. The zero-order valence-electron chi connectivity index (χ0n) is 11.8. The lowest BCUT2D eigenvalue weighted by Crippen LogP contribution is -2.21. The van der Waals surface area contributed by atoms with Crippen LogP contribution in [0.3, 0.4) is 0 Å². The molecule has 1 rings (SSSR count). The Balaban J connectivity index is 2.42. The lowest BCUT2D eigenvalue weighted by molar-refractivity contribution is 0.0430. The van der Waals surface area contributed by atoms with E-state index in [2.05, 4.69) is 20.8 Å². The van der Waals surface area contributed by atoms with Crippen LogP contribution in [0.1, 0.15) is 38.8 Å². The molecule has 2 N–H and O–H groups in total. The minimum atomic E-state index is -0.0782. The Bertz CT molecular complexity index is 335. The van der Waals surface area contributed by atoms with Crippen LogP contribution in [0.25, 0.3) is 0 Å². The largest absolute Gasteiger partial charge is 0.497 e. The van der Waals surface area contributed by atoms with Gasteiger partial charge in [0, 0.05) is 0 Å². The molecular weight excluding hydrogens is 226 g/mol. The van der Waals surface area contributed by atoms with Crippen LogP contribution in [-0.2, 0) is 4.74 Å². The van der Waals surface area contributed by atoms with Crippen molar-refractivity contribution in [2.45, 2.75) is 39.3 Å². The Morgan fingerprint density at radius 3 is 2.22 bits per heavy atom. The third-order valence-electron chi connectivity index (χ3n) is 2.91. The molecule has 1 aromatic rings. The standard InChI is InChI=1S/C15H25NO2/c1-11(2)9-12(3)18-10-15(16)13-5-7-14(17-4)8-6-13/h5-8,11-12,15H,9-10,16H2,1-4H3. The van der Waals surface area contributed by atoms with Gasteiger partial charge >= 0.3 is 0 Å². The minimum absolute atomic E-state index is 0.0782. The molecule has 0 aliphatic rings. The van der Waals surface area contributed by atoms with Crippen molar-refractivity contribution in [3.63, 3.8) is 0 Å². The Labute approximate surface area is 110 Å². The van der Waals surface area contributed by atoms with Crippen molar-refractivity contribution in [2.75, 3.05) is 13.7 Å². The van der Waals surface area contributed by atoms with Gasteiger partial charge in [-0.3, -0.25) is 0 Å². The van der Waals surface area contributed by atoms with Crippen molar-refractivity contribution < 1.29 is 9.47 Å². The van der Waals surface area contributed by atoms with E-state index < -0.39 is 0 Å². The summed E-state index contributed by atoms with van der Waals surface area (Å²) < 4.78 is 10.9. The normalized spacial score (nSPS) is 14.6. The van der Waals surface area contributed by atoms with E-state index in [9.17, 15) is 0 Å². The molecule has 102 valence electrons. The molecule has 0 aliphatic carbocycles. The minimum Gasteiger partial charge on any atom is -0.497 e. The van der Waals surface area contributed by atoms with Gasteiger partial charge in [0.05, 0.1) is 25.9 Å². The van der Waals surface area contributed by atoms with Crippen molar-refractivity contribution in [3.8, 4) is 5.75 Å². The quantitative estimate of drug-likeness (QED) is 0.809. The number of hydrogen-bond donors (Lipinski definition) is 1. The van der Waals surface area contributed by atoms with Gasteiger partial charge in [-0.15, -0.1) is 0 Å². The highest BCUT2D eigenvalue weighted by Crippen LogP contribution is 2.17. The summed E-state index contributed by atoms with van der Waals surface area (Å²) >= 11 is 0. The fourth-order valence-corrected chi connectivity index (χ4v) is 1.95. The van der Waals surface area contributed by atoms with E-state index in [-0.39, 0.29) is 12.1 Å². The molecule has 0 radical (unpaired) electrons. The zero-order valence-corrected chi connectivity index (χ0v) is 11.8. The average Bonchev–Trinajstić information content (AvgIpc) is 2.35. The van der Waals surface area contributed by atoms with E-state index in [0.717, 1.165) is 17.7 Å². The Hall–Kier alpha value is -1.06. The molecule has 0 fully saturated rings. The molecule has 0 aromatic heterocycles. The molecule has 0 spiro atoms. The van der Waals surface area contributed by atoms with Crippen LogP contribution in [0.5, 0.6) is 5.75 Å². The van der Waals surface area contributed by atoms with E-state index in [1.54, 1.807) is 7.11 Å². The highest BCUT2D eigenvalue weighted by atomic mass is 16.5. The molecule has 1 aromatic carbocycles. The predicted octanol–water partition coefficient (Wildman–Crippen LogP) is 3.15. The van der Waals surface area contributed by atoms with Gasteiger partial charge in [0.1, 0.15) is 5.75 Å². The van der Waals surface area contributed by atoms with Gasteiger partial charge < -0.3 is 15.2 Å². The molecule has 0 saturated carbocycles. The van der Waals surface area contributed by atoms with E-state index in [1.807, 2.05) is 24.3 Å². The van der Waals surface area contributed by atoms with E-state index in [4.69, 9.17) is 15.2 Å². The van der Waals surface area contributed by atoms with Crippen molar-refractivity contribution >= 4 is 0 Å². The van der Waals surface area contributed by atoms with Gasteiger partial charge in [-0.25, -0.2) is 0 Å². The molecule has 0 heterocycles. The van der Waals surface area contributed by atoms with Gasteiger partial charge in [0.15, 0.2) is 0 Å². The molecular formula is C15H25NO2. The number of nitrogens with two attached hydrogens (primary N) is 1. The summed E-state index contributed by atoms with van der Waals surface area (Å²) in [4.78, 5) is 0. The topological polar surface area (TPSA) is 44.5 Å². The first-order chi connectivity index (χ1) is 8.52. The van der Waals surface area contributed by atoms with Gasteiger partial charge in [0.25, 0.3) is 0 Å². The molecule has 0 aliphatic heterocycles. The Morgan fingerprint density at radius 2 is 1.72 bits per heavy atom. The number of methoxy groups -OCH3 is 1. The Kier molecular flexibility index (Phi) is 6.16. The van der Waals surface area contributed by atoms with E-state index in [1.165, 1.54) is 0 Å². The van der Waals surface area contributed by atoms with Crippen LogP contribution in [0, 0.1) is 5.92 Å². The van der Waals surface area contributed by atoms with Crippen molar-refractivity contribution in [3.05, 3.63) is 29.8 Å². The summed E-state index contributed by atoms with van der Waals surface area (Å²) in [5.41, 5.74) is 7.18. The van der Waals surface area contributed by atoms with E-state index >= 15 is 0 Å². The summed E-state index contributed by atoms with van der Waals surface area (Å²) in [5.74, 6) is 1.50. The predicted molar refractivity (Wildman–Crippen MR) is 74.8 cm³/mol. The maximum Gasteiger partial charge on any atom is 0.118 e. The number of hydrogen-bond acceptors (Lipinski definition) is 3. The van der Waals surface area contributed by atoms with Crippen LogP contribution in [0.15, 0.2) is 24.3 Å². The number of rotatable bonds is 7. The van der Waals surface area contributed by atoms with Crippen molar-refractivity contribution in [2.24, 2.45) is 11.7 Å². The number of benzene rings is 1. The molecule has 2 unspecified atom stereocenters. The second kappa shape index (κ2) is 7.39. The second-order valence-corrected chi connectivity index (χ2v) is 5.15. The Morgan fingerprint density at radius 1 is 1.11 bits per heavy atom. The summed E-state index contributed by atoms with van der Waals surface area (Å²) in [6.45, 7) is 7.05. The molecule has 2 atom stereocenters. The highest BCUT2D eigenvalue weighted by molar-refractivity contribution is 5.28. The summed E-state index contributed by atoms with van der Waals surface area (Å²) in [5, 5.41) is 0. The average molecular weight is 251 g/mol. The maximum atomic E-state index is 6.10. The molecule has 0 bridgehead atoms. The third-order valence-corrected chi connectivity index (χ3v) is 2.91. The molecule has 0 amide bonds. The first-order valence-corrected chi connectivity index (χ1v) is 6.54. The van der Waals surface area contributed by atoms with E-state index in [0.29, 0.717) is 12.5 Å². The first kappa shape index (κ1) is 15.0. The van der Waals surface area contributed by atoms with Crippen LogP contribution in [0.4, 0.5) is 0 Å². The third kappa shape index (κ3) is 5.07. The number of ether oxygens (including phenoxy) is 2. The van der Waals surface area contributed by atoms with Gasteiger partial charge in [-0.2, -0.15) is 0 Å². The first-order valence-electron chi connectivity index (χ1n) is 6.54. The highest BCUT2D eigenvalue weighted by Gasteiger charge is 2.10. The van der Waals surface area contributed by atoms with Gasteiger partial charge in [0.2, 0.25) is 0 Å². The molecule has 0 saturated heterocycles. The van der Waals surface area contributed by atoms with Crippen LogP contribution in [-0.4, -0.2) is 19.8 Å². The summed E-state index contributed by atoms with van der Waals surface area (Å²) in [6.07, 6.45) is 1.32. The van der Waals surface area contributed by atoms with Crippen LogP contribution >= 0.6 is 0 Å². The maximum absolute atomic E-state index is 6.10. The lowest BCUT2D eigenvalue weighted by Gasteiger charge is -2.19. The smallest absolute Gasteiger partial charge is 0.118 e. The van der Waals surface area contributed by atoms with Gasteiger partial charge in [-0.1, -0.05) is 26.0 Å². The fourth-order valence-electron chi connectivity index (χ4n) is 1.95.